The molecule has 9 heteroatoms. The molecule has 2 heterocycles. The molecule has 2 aliphatic rings. The molecule has 2 aromatic carbocycles. The minimum Gasteiger partial charge on any atom is -0.382 e. The van der Waals surface area contributed by atoms with Gasteiger partial charge in [0.05, 0.1) is 16.2 Å². The first-order valence-electron chi connectivity index (χ1n) is 11.6. The number of hydrogen-bond acceptors (Lipinski definition) is 6. The number of carbonyl (C=O) groups excluding carboxylic acids is 3. The summed E-state index contributed by atoms with van der Waals surface area (Å²) in [6.07, 6.45) is 1.36. The molecule has 0 unspecified atom stereocenters. The second-order valence-corrected chi connectivity index (χ2v) is 9.72. The van der Waals surface area contributed by atoms with Crippen molar-refractivity contribution < 1.29 is 19.1 Å². The first kappa shape index (κ1) is 25.1. The predicted octanol–water partition coefficient (Wildman–Crippen LogP) is 3.39. The predicted molar refractivity (Wildman–Crippen MR) is 142 cm³/mol. The van der Waals surface area contributed by atoms with Crippen molar-refractivity contribution >= 4 is 57.3 Å². The lowest BCUT2D eigenvalue weighted by Gasteiger charge is -2.17. The van der Waals surface area contributed by atoms with Crippen LogP contribution in [0, 0.1) is 0 Å². The maximum atomic E-state index is 13.5. The lowest BCUT2D eigenvalue weighted by Crippen LogP contribution is -2.39. The fraction of sp³-hybridized carbons (Fsp3) is 0.308. The molecule has 4 rings (SSSR count). The Balaban J connectivity index is 1.48. The number of anilines is 1. The van der Waals surface area contributed by atoms with Gasteiger partial charge in [0, 0.05) is 31.9 Å². The highest BCUT2D eigenvalue weighted by atomic mass is 32.2. The van der Waals surface area contributed by atoms with E-state index in [0.717, 1.165) is 17.3 Å². The zero-order valence-corrected chi connectivity index (χ0v) is 21.1. The number of fused-ring (bicyclic) bond motifs is 1. The summed E-state index contributed by atoms with van der Waals surface area (Å²) in [5, 5.41) is 2.89. The van der Waals surface area contributed by atoms with E-state index >= 15 is 0 Å². The second-order valence-electron chi connectivity index (χ2n) is 8.07. The van der Waals surface area contributed by atoms with E-state index in [1.54, 1.807) is 12.1 Å². The summed E-state index contributed by atoms with van der Waals surface area (Å²) in [7, 11) is 0. The number of amides is 3. The molecule has 182 valence electrons. The van der Waals surface area contributed by atoms with Gasteiger partial charge in [-0.15, -0.1) is 0 Å². The molecule has 2 aromatic rings. The van der Waals surface area contributed by atoms with Crippen LogP contribution in [0.15, 0.2) is 59.5 Å². The molecular formula is C26H27N3O4S2. The van der Waals surface area contributed by atoms with Crippen molar-refractivity contribution in [2.45, 2.75) is 19.8 Å². The van der Waals surface area contributed by atoms with Gasteiger partial charge in [0.25, 0.3) is 11.8 Å². The van der Waals surface area contributed by atoms with Crippen molar-refractivity contribution in [3.63, 3.8) is 0 Å². The van der Waals surface area contributed by atoms with E-state index in [0.29, 0.717) is 65.2 Å². The number of thioether (sulfide) groups is 1. The average molecular weight is 510 g/mol. The molecule has 0 atom stereocenters. The fourth-order valence-electron chi connectivity index (χ4n) is 4.06. The third-order valence-corrected chi connectivity index (χ3v) is 7.20. The summed E-state index contributed by atoms with van der Waals surface area (Å²) in [6.45, 7) is 3.85. The van der Waals surface area contributed by atoms with Crippen molar-refractivity contribution in [3.8, 4) is 0 Å². The number of hydrogen-bond donors (Lipinski definition) is 1. The summed E-state index contributed by atoms with van der Waals surface area (Å²) < 4.78 is 5.79. The maximum absolute atomic E-state index is 13.5. The van der Waals surface area contributed by atoms with Crippen LogP contribution in [0.2, 0.25) is 0 Å². The molecule has 0 aromatic heterocycles. The quantitative estimate of drug-likeness (QED) is 0.301. The Kier molecular flexibility index (Phi) is 8.33. The molecule has 1 N–H and O–H groups in total. The highest BCUT2D eigenvalue weighted by Gasteiger charge is 2.42. The van der Waals surface area contributed by atoms with Gasteiger partial charge in [-0.05, 0) is 31.4 Å². The third kappa shape index (κ3) is 5.63. The van der Waals surface area contributed by atoms with Gasteiger partial charge in [-0.3, -0.25) is 24.2 Å². The van der Waals surface area contributed by atoms with Crippen LogP contribution in [0.5, 0.6) is 0 Å². The summed E-state index contributed by atoms with van der Waals surface area (Å²) in [5.74, 6) is -0.892. The SMILES string of the molecule is CCOCCCN1C(=O)/C(=C2/C(=O)N(CC(=O)NCCc3ccccc3)c3ccccc32)SC1=S. The van der Waals surface area contributed by atoms with Gasteiger partial charge in [-0.2, -0.15) is 0 Å². The van der Waals surface area contributed by atoms with Gasteiger partial charge in [0.2, 0.25) is 5.91 Å². The van der Waals surface area contributed by atoms with Gasteiger partial charge in [0.1, 0.15) is 10.9 Å². The minimum atomic E-state index is -0.362. The molecule has 2 aliphatic heterocycles. The monoisotopic (exact) mass is 509 g/mol. The van der Waals surface area contributed by atoms with Gasteiger partial charge >= 0.3 is 0 Å². The largest absolute Gasteiger partial charge is 0.382 e. The Hall–Kier alpha value is -3.01. The van der Waals surface area contributed by atoms with Crippen LogP contribution in [0.3, 0.4) is 0 Å². The second kappa shape index (κ2) is 11.6. The molecule has 1 saturated heterocycles. The third-order valence-electron chi connectivity index (χ3n) is 5.75. The number of carbonyl (C=O) groups is 3. The number of nitrogens with one attached hydrogen (secondary N) is 1. The maximum Gasteiger partial charge on any atom is 0.267 e. The first-order chi connectivity index (χ1) is 17.0. The molecule has 3 amide bonds. The molecule has 0 aliphatic carbocycles. The van der Waals surface area contributed by atoms with E-state index < -0.39 is 0 Å². The van der Waals surface area contributed by atoms with Crippen LogP contribution in [-0.4, -0.2) is 59.8 Å². The standard InChI is InChI=1S/C26H27N3O4S2/c1-2-33-16-8-15-28-25(32)23(35-26(28)34)22-19-11-6-7-12-20(19)29(24(22)31)17-21(30)27-14-13-18-9-4-3-5-10-18/h3-7,9-12H,2,8,13-17H2,1H3,(H,27,30)/b23-22-. The summed E-state index contributed by atoms with van der Waals surface area (Å²) >= 11 is 6.58. The van der Waals surface area contributed by atoms with Crippen LogP contribution < -0.4 is 10.2 Å². The lowest BCUT2D eigenvalue weighted by molar-refractivity contribution is -0.122. The van der Waals surface area contributed by atoms with E-state index in [1.807, 2.05) is 49.4 Å². The molecule has 1 fully saturated rings. The number of thiocarbonyl (C=S) groups is 1. The van der Waals surface area contributed by atoms with Crippen molar-refractivity contribution in [1.29, 1.82) is 0 Å². The lowest BCUT2D eigenvalue weighted by atomic mass is 10.1. The van der Waals surface area contributed by atoms with Gasteiger partial charge in [0.15, 0.2) is 0 Å². The normalized spacial score (nSPS) is 17.3. The van der Waals surface area contributed by atoms with Crippen LogP contribution in [0.4, 0.5) is 5.69 Å². The van der Waals surface area contributed by atoms with E-state index in [1.165, 1.54) is 9.80 Å². The Bertz CT molecular complexity index is 1170. The summed E-state index contributed by atoms with van der Waals surface area (Å²) in [4.78, 5) is 42.6. The van der Waals surface area contributed by atoms with E-state index in [4.69, 9.17) is 17.0 Å². The van der Waals surface area contributed by atoms with E-state index in [-0.39, 0.29) is 24.3 Å². The first-order valence-corrected chi connectivity index (χ1v) is 12.8. The molecule has 0 radical (unpaired) electrons. The number of nitrogens with zero attached hydrogens (tertiary/aromatic N) is 2. The zero-order chi connectivity index (χ0) is 24.8. The van der Waals surface area contributed by atoms with Crippen molar-refractivity contribution in [2.75, 3.05) is 37.7 Å². The topological polar surface area (TPSA) is 79.0 Å². The molecule has 0 spiro atoms. The van der Waals surface area contributed by atoms with Gasteiger partial charge in [-0.1, -0.05) is 72.5 Å². The minimum absolute atomic E-state index is 0.122. The number of para-hydroxylation sites is 1. The smallest absolute Gasteiger partial charge is 0.267 e. The highest BCUT2D eigenvalue weighted by molar-refractivity contribution is 8.26. The van der Waals surface area contributed by atoms with Crippen LogP contribution in [-0.2, 0) is 25.5 Å². The molecule has 35 heavy (non-hydrogen) atoms. The molecule has 0 saturated carbocycles. The Morgan fingerprint density at radius 2 is 1.77 bits per heavy atom. The number of ether oxygens (including phenoxy) is 1. The van der Waals surface area contributed by atoms with Gasteiger partial charge < -0.3 is 10.1 Å². The Morgan fingerprint density at radius 3 is 2.54 bits per heavy atom. The summed E-state index contributed by atoms with van der Waals surface area (Å²) in [5.41, 5.74) is 2.69. The van der Waals surface area contributed by atoms with Crippen LogP contribution in [0.25, 0.3) is 5.57 Å². The molecular weight excluding hydrogens is 482 g/mol. The highest BCUT2D eigenvalue weighted by Crippen LogP contribution is 2.44. The fourth-order valence-corrected chi connectivity index (χ4v) is 5.44. The van der Waals surface area contributed by atoms with Crippen molar-refractivity contribution in [3.05, 3.63) is 70.6 Å². The van der Waals surface area contributed by atoms with Crippen molar-refractivity contribution in [1.82, 2.24) is 10.2 Å². The number of rotatable bonds is 10. The van der Waals surface area contributed by atoms with Crippen molar-refractivity contribution in [2.24, 2.45) is 0 Å². The van der Waals surface area contributed by atoms with E-state index in [2.05, 4.69) is 5.32 Å². The zero-order valence-electron chi connectivity index (χ0n) is 19.5. The van der Waals surface area contributed by atoms with Crippen LogP contribution in [0.1, 0.15) is 24.5 Å². The van der Waals surface area contributed by atoms with Gasteiger partial charge in [-0.25, -0.2) is 0 Å². The average Bonchev–Trinajstić information content (AvgIpc) is 3.29. The Labute approximate surface area is 214 Å². The Morgan fingerprint density at radius 1 is 1.03 bits per heavy atom. The molecule has 7 nitrogen and oxygen atoms in total. The molecule has 0 bridgehead atoms. The summed E-state index contributed by atoms with van der Waals surface area (Å²) in [6, 6.07) is 17.1. The van der Waals surface area contributed by atoms with E-state index in [9.17, 15) is 14.4 Å². The van der Waals surface area contributed by atoms with Crippen LogP contribution >= 0.6 is 24.0 Å². The number of benzene rings is 2.